The van der Waals surface area contributed by atoms with Crippen molar-refractivity contribution in [1.29, 1.82) is 0 Å². The minimum atomic E-state index is 1.24. The third kappa shape index (κ3) is 1.60. The Morgan fingerprint density at radius 1 is 0.929 bits per heavy atom. The first-order valence-corrected chi connectivity index (χ1v) is 4.68. The van der Waals surface area contributed by atoms with Gasteiger partial charge in [-0.1, -0.05) is 67.3 Å². The molecule has 0 saturated carbocycles. The molecule has 0 unspecified atom stereocenters. The highest BCUT2D eigenvalue weighted by Crippen LogP contribution is 2.19. The molecule has 2 aromatic carbocycles. The van der Waals surface area contributed by atoms with Gasteiger partial charge in [0, 0.05) is 0 Å². The van der Waals surface area contributed by atoms with Gasteiger partial charge in [0.15, 0.2) is 0 Å². The first-order chi connectivity index (χ1) is 6.92. The van der Waals surface area contributed by atoms with Crippen molar-refractivity contribution in [3.05, 3.63) is 66.8 Å². The molecule has 0 bridgehead atoms. The molecule has 0 nitrogen and oxygen atoms in total. The van der Waals surface area contributed by atoms with E-state index in [1.165, 1.54) is 16.3 Å². The Hall–Kier alpha value is -1.82. The van der Waals surface area contributed by atoms with Gasteiger partial charge in [0.2, 0.25) is 0 Å². The van der Waals surface area contributed by atoms with Crippen molar-refractivity contribution < 1.29 is 0 Å². The van der Waals surface area contributed by atoms with Crippen LogP contribution in [-0.4, -0.2) is 0 Å². The van der Waals surface area contributed by atoms with Crippen LogP contribution in [-0.2, 0) is 0 Å². The van der Waals surface area contributed by atoms with Crippen molar-refractivity contribution >= 4 is 16.8 Å². The third-order valence-electron chi connectivity index (χ3n) is 2.24. The Morgan fingerprint density at radius 3 is 2.57 bits per heavy atom. The Labute approximate surface area is 84.2 Å². The van der Waals surface area contributed by atoms with Crippen LogP contribution in [0.5, 0.6) is 0 Å². The first-order valence-electron chi connectivity index (χ1n) is 4.68. The third-order valence-corrected chi connectivity index (χ3v) is 2.24. The quantitative estimate of drug-likeness (QED) is 0.612. The molecule has 0 amide bonds. The van der Waals surface area contributed by atoms with Gasteiger partial charge in [0.1, 0.15) is 0 Å². The average Bonchev–Trinajstić information content (AvgIpc) is 2.26. The van der Waals surface area contributed by atoms with Crippen LogP contribution in [0.15, 0.2) is 61.2 Å². The largest absolute Gasteiger partial charge is 0.0991 e. The first kappa shape index (κ1) is 8.76. The van der Waals surface area contributed by atoms with E-state index in [0.29, 0.717) is 0 Å². The maximum Gasteiger partial charge on any atom is -0.0111 e. The zero-order valence-corrected chi connectivity index (χ0v) is 7.98. The predicted molar refractivity (Wildman–Crippen MR) is 63.2 cm³/mol. The van der Waals surface area contributed by atoms with Crippen molar-refractivity contribution in [3.8, 4) is 0 Å². The molecule has 0 aromatic heterocycles. The minimum absolute atomic E-state index is 1.24. The fraction of sp³-hybridized carbons (Fsp3) is 0. The highest BCUT2D eigenvalue weighted by Gasteiger charge is 1.94. The lowest BCUT2D eigenvalue weighted by Crippen LogP contribution is -1.76. The molecule has 0 aliphatic carbocycles. The Bertz CT molecular complexity index is 473. The van der Waals surface area contributed by atoms with Crippen LogP contribution < -0.4 is 0 Å². The molecule has 0 N–H and O–H groups in total. The van der Waals surface area contributed by atoms with Crippen molar-refractivity contribution in [1.82, 2.24) is 0 Å². The normalized spacial score (nSPS) is 10.9. The molecule has 0 heteroatoms. The standard InChI is InChI=1S/C14H12/c1-2-3-7-12-9-6-10-13-8-4-5-11-14(12)13/h2-11H,1H2/b7-3+. The zero-order valence-electron chi connectivity index (χ0n) is 7.98. The van der Waals surface area contributed by atoms with Crippen LogP contribution in [0.4, 0.5) is 0 Å². The number of hydrogen-bond donors (Lipinski definition) is 0. The number of hydrogen-bond acceptors (Lipinski definition) is 0. The van der Waals surface area contributed by atoms with Gasteiger partial charge in [-0.3, -0.25) is 0 Å². The summed E-state index contributed by atoms with van der Waals surface area (Å²) in [5.74, 6) is 0. The molecule has 0 fully saturated rings. The topological polar surface area (TPSA) is 0 Å². The highest BCUT2D eigenvalue weighted by atomic mass is 14.0. The lowest BCUT2D eigenvalue weighted by molar-refractivity contribution is 1.71. The van der Waals surface area contributed by atoms with Crippen molar-refractivity contribution in [2.45, 2.75) is 0 Å². The van der Waals surface area contributed by atoms with Gasteiger partial charge in [-0.2, -0.15) is 0 Å². The minimum Gasteiger partial charge on any atom is -0.0991 e. The smallest absolute Gasteiger partial charge is 0.0111 e. The van der Waals surface area contributed by atoms with E-state index >= 15 is 0 Å². The van der Waals surface area contributed by atoms with E-state index in [4.69, 9.17) is 0 Å². The van der Waals surface area contributed by atoms with Gasteiger partial charge in [-0.05, 0) is 16.3 Å². The lowest BCUT2D eigenvalue weighted by atomic mass is 10.0. The van der Waals surface area contributed by atoms with Crippen LogP contribution in [0.3, 0.4) is 0 Å². The molecule has 0 aliphatic rings. The summed E-state index contributed by atoms with van der Waals surface area (Å²) in [5.41, 5.74) is 1.24. The Morgan fingerprint density at radius 2 is 1.71 bits per heavy atom. The van der Waals surface area contributed by atoms with E-state index in [-0.39, 0.29) is 0 Å². The van der Waals surface area contributed by atoms with Gasteiger partial charge >= 0.3 is 0 Å². The SMILES string of the molecule is C=C/C=C/c1cccc2ccccc12. The molecule has 0 atom stereocenters. The second-order valence-electron chi connectivity index (χ2n) is 3.16. The van der Waals surface area contributed by atoms with Crippen molar-refractivity contribution in [2.75, 3.05) is 0 Å². The summed E-state index contributed by atoms with van der Waals surface area (Å²) in [4.78, 5) is 0. The maximum atomic E-state index is 3.67. The predicted octanol–water partition coefficient (Wildman–Crippen LogP) is 4.04. The Balaban J connectivity index is 2.64. The fourth-order valence-electron chi connectivity index (χ4n) is 1.57. The van der Waals surface area contributed by atoms with E-state index in [2.05, 4.69) is 55.1 Å². The van der Waals surface area contributed by atoms with E-state index in [1.54, 1.807) is 6.08 Å². The molecule has 0 saturated heterocycles. The maximum absolute atomic E-state index is 3.67. The van der Waals surface area contributed by atoms with Crippen LogP contribution in [0.1, 0.15) is 5.56 Å². The molecule has 68 valence electrons. The van der Waals surface area contributed by atoms with Crippen molar-refractivity contribution in [2.24, 2.45) is 0 Å². The summed E-state index contributed by atoms with van der Waals surface area (Å²) in [6.07, 6.45) is 5.83. The molecule has 0 aliphatic heterocycles. The summed E-state index contributed by atoms with van der Waals surface area (Å²) in [6.45, 7) is 3.67. The number of fused-ring (bicyclic) bond motifs is 1. The monoisotopic (exact) mass is 180 g/mol. The molecular weight excluding hydrogens is 168 g/mol. The summed E-state index contributed by atoms with van der Waals surface area (Å²) < 4.78 is 0. The van der Waals surface area contributed by atoms with Crippen LogP contribution in [0.25, 0.3) is 16.8 Å². The number of benzene rings is 2. The summed E-state index contributed by atoms with van der Waals surface area (Å²) in [6, 6.07) is 14.7. The van der Waals surface area contributed by atoms with E-state index in [9.17, 15) is 0 Å². The van der Waals surface area contributed by atoms with Crippen LogP contribution >= 0.6 is 0 Å². The van der Waals surface area contributed by atoms with E-state index in [1.807, 2.05) is 6.08 Å². The molecule has 2 rings (SSSR count). The van der Waals surface area contributed by atoms with Crippen molar-refractivity contribution in [3.63, 3.8) is 0 Å². The van der Waals surface area contributed by atoms with Gasteiger partial charge < -0.3 is 0 Å². The van der Waals surface area contributed by atoms with E-state index < -0.39 is 0 Å². The summed E-state index contributed by atoms with van der Waals surface area (Å²) >= 11 is 0. The molecule has 2 aromatic rings. The second kappa shape index (κ2) is 3.93. The molecule has 0 heterocycles. The number of allylic oxidation sites excluding steroid dienone is 2. The summed E-state index contributed by atoms with van der Waals surface area (Å²) in [7, 11) is 0. The lowest BCUT2D eigenvalue weighted by Gasteiger charge is -2.00. The molecular formula is C14H12. The van der Waals surface area contributed by atoms with Gasteiger partial charge in [-0.25, -0.2) is 0 Å². The number of rotatable bonds is 2. The second-order valence-corrected chi connectivity index (χ2v) is 3.16. The Kier molecular flexibility index (Phi) is 2.46. The van der Waals surface area contributed by atoms with Crippen LogP contribution in [0.2, 0.25) is 0 Å². The fourth-order valence-corrected chi connectivity index (χ4v) is 1.57. The summed E-state index contributed by atoms with van der Waals surface area (Å²) in [5, 5.41) is 2.56. The molecule has 0 radical (unpaired) electrons. The van der Waals surface area contributed by atoms with Crippen LogP contribution in [0, 0.1) is 0 Å². The molecule has 0 spiro atoms. The van der Waals surface area contributed by atoms with Gasteiger partial charge in [0.25, 0.3) is 0 Å². The molecule has 14 heavy (non-hydrogen) atoms. The highest BCUT2D eigenvalue weighted by molar-refractivity contribution is 5.90. The average molecular weight is 180 g/mol. The van der Waals surface area contributed by atoms with Gasteiger partial charge in [-0.15, -0.1) is 0 Å². The zero-order chi connectivity index (χ0) is 9.80. The van der Waals surface area contributed by atoms with Gasteiger partial charge in [0.05, 0.1) is 0 Å². The van der Waals surface area contributed by atoms with E-state index in [0.717, 1.165) is 0 Å².